The minimum Gasteiger partial charge on any atom is -0.354 e. The van der Waals surface area contributed by atoms with Gasteiger partial charge < -0.3 is 10.6 Å². The van der Waals surface area contributed by atoms with Gasteiger partial charge in [0.05, 0.1) is 17.5 Å². The third-order valence-corrected chi connectivity index (χ3v) is 4.67. The first-order valence-electron chi connectivity index (χ1n) is 8.46. The first-order valence-corrected chi connectivity index (χ1v) is 8.46. The molecule has 4 rings (SSSR count). The molecule has 2 aromatic heterocycles. The average molecular weight is 361 g/mol. The average Bonchev–Trinajstić information content (AvgIpc) is 3.30. The zero-order valence-corrected chi connectivity index (χ0v) is 14.0. The molecule has 1 aromatic carbocycles. The Kier molecular flexibility index (Phi) is 4.07. The molecule has 0 saturated carbocycles. The maximum atomic E-state index is 13.2. The smallest absolute Gasteiger partial charge is 0.354 e. The summed E-state index contributed by atoms with van der Waals surface area (Å²) in [7, 11) is 0. The molecular formula is C18H18F3N5. The van der Waals surface area contributed by atoms with Crippen LogP contribution in [0.4, 0.5) is 19.0 Å². The number of benzene rings is 1. The van der Waals surface area contributed by atoms with Gasteiger partial charge in [0.2, 0.25) is 0 Å². The Balaban J connectivity index is 1.86. The number of alkyl halides is 3. The van der Waals surface area contributed by atoms with Crippen LogP contribution in [0.15, 0.2) is 36.8 Å². The largest absolute Gasteiger partial charge is 0.416 e. The number of imidazole rings is 1. The maximum Gasteiger partial charge on any atom is 0.416 e. The van der Waals surface area contributed by atoms with Crippen LogP contribution in [0.25, 0.3) is 16.9 Å². The van der Waals surface area contributed by atoms with Gasteiger partial charge in [-0.05, 0) is 36.6 Å². The van der Waals surface area contributed by atoms with E-state index in [9.17, 15) is 13.2 Å². The first-order chi connectivity index (χ1) is 12.5. The van der Waals surface area contributed by atoms with Crippen molar-refractivity contribution in [3.05, 3.63) is 47.9 Å². The number of nitrogens with two attached hydrogens (primary N) is 1. The van der Waals surface area contributed by atoms with Crippen LogP contribution in [0.5, 0.6) is 0 Å². The Morgan fingerprint density at radius 3 is 2.54 bits per heavy atom. The predicted molar refractivity (Wildman–Crippen MR) is 92.8 cm³/mol. The highest BCUT2D eigenvalue weighted by Gasteiger charge is 2.31. The van der Waals surface area contributed by atoms with Crippen molar-refractivity contribution >= 4 is 11.5 Å². The Labute approximate surface area is 148 Å². The van der Waals surface area contributed by atoms with Crippen molar-refractivity contribution in [2.24, 2.45) is 5.73 Å². The van der Waals surface area contributed by atoms with E-state index in [0.717, 1.165) is 43.9 Å². The summed E-state index contributed by atoms with van der Waals surface area (Å²) in [5, 5.41) is 0. The third kappa shape index (κ3) is 2.90. The second kappa shape index (κ2) is 6.28. The van der Waals surface area contributed by atoms with Crippen LogP contribution in [-0.4, -0.2) is 27.5 Å². The highest BCUT2D eigenvalue weighted by Crippen LogP contribution is 2.34. The lowest BCUT2D eigenvalue weighted by molar-refractivity contribution is -0.137. The molecule has 0 aliphatic carbocycles. The molecule has 5 nitrogen and oxygen atoms in total. The van der Waals surface area contributed by atoms with Crippen LogP contribution in [-0.2, 0) is 12.7 Å². The molecular weight excluding hydrogens is 343 g/mol. The number of hydrogen-bond donors (Lipinski definition) is 1. The van der Waals surface area contributed by atoms with Gasteiger partial charge >= 0.3 is 6.18 Å². The second-order valence-corrected chi connectivity index (χ2v) is 6.40. The molecule has 0 atom stereocenters. The lowest BCUT2D eigenvalue weighted by Gasteiger charge is -2.17. The number of halogens is 3. The number of fused-ring (bicyclic) bond motifs is 1. The van der Waals surface area contributed by atoms with E-state index < -0.39 is 11.7 Å². The fraction of sp³-hybridized carbons (Fsp3) is 0.333. The summed E-state index contributed by atoms with van der Waals surface area (Å²) in [6.07, 6.45) is 2.74. The van der Waals surface area contributed by atoms with Gasteiger partial charge in [0.1, 0.15) is 0 Å². The summed E-state index contributed by atoms with van der Waals surface area (Å²) < 4.78 is 41.5. The molecule has 1 saturated heterocycles. The summed E-state index contributed by atoms with van der Waals surface area (Å²) in [4.78, 5) is 11.0. The molecule has 3 aromatic rings. The van der Waals surface area contributed by atoms with Gasteiger partial charge in [-0.1, -0.05) is 0 Å². The normalized spacial score (nSPS) is 15.2. The molecule has 0 amide bonds. The van der Waals surface area contributed by atoms with E-state index >= 15 is 0 Å². The van der Waals surface area contributed by atoms with E-state index in [1.807, 2.05) is 0 Å². The fourth-order valence-corrected chi connectivity index (χ4v) is 3.39. The van der Waals surface area contributed by atoms with Gasteiger partial charge in [0.15, 0.2) is 11.5 Å². The van der Waals surface area contributed by atoms with Gasteiger partial charge in [0.25, 0.3) is 0 Å². The van der Waals surface area contributed by atoms with E-state index in [2.05, 4.69) is 14.9 Å². The Hall–Kier alpha value is -2.61. The second-order valence-electron chi connectivity index (χ2n) is 6.40. The molecule has 2 N–H and O–H groups in total. The summed E-state index contributed by atoms with van der Waals surface area (Å²) in [5.74, 6) is 0.766. The number of rotatable bonds is 3. The van der Waals surface area contributed by atoms with Crippen molar-refractivity contribution in [2.75, 3.05) is 18.0 Å². The fourth-order valence-electron chi connectivity index (χ4n) is 3.39. The number of nitrogens with zero attached hydrogens (tertiary/aromatic N) is 4. The van der Waals surface area contributed by atoms with Crippen LogP contribution in [0.3, 0.4) is 0 Å². The van der Waals surface area contributed by atoms with Gasteiger partial charge in [-0.25, -0.2) is 9.97 Å². The molecule has 0 radical (unpaired) electrons. The minimum atomic E-state index is -4.43. The van der Waals surface area contributed by atoms with E-state index in [4.69, 9.17) is 5.73 Å². The Bertz CT molecular complexity index is 942. The minimum absolute atomic E-state index is 0.0360. The quantitative estimate of drug-likeness (QED) is 0.776. The van der Waals surface area contributed by atoms with Crippen LogP contribution >= 0.6 is 0 Å². The highest BCUT2D eigenvalue weighted by molar-refractivity contribution is 5.72. The summed E-state index contributed by atoms with van der Waals surface area (Å²) in [6, 6.07) is 3.90. The standard InChI is InChI=1S/C18H18F3N5/c19-18(20,21)14-8-12(10-22)7-13(9-14)15-11-24-17-16(23-3-6-26(15)17)25-4-1-2-5-25/h3,6-9,11H,1-2,4-5,10,22H2. The van der Waals surface area contributed by atoms with E-state index in [1.165, 1.54) is 0 Å². The molecule has 136 valence electrons. The van der Waals surface area contributed by atoms with Gasteiger partial charge in [0, 0.05) is 37.6 Å². The number of anilines is 1. The monoisotopic (exact) mass is 361 g/mol. The van der Waals surface area contributed by atoms with Gasteiger partial charge in [-0.2, -0.15) is 13.2 Å². The molecule has 1 aliphatic rings. The zero-order valence-electron chi connectivity index (χ0n) is 14.0. The van der Waals surface area contributed by atoms with Gasteiger partial charge in [-0.3, -0.25) is 4.40 Å². The van der Waals surface area contributed by atoms with Crippen LogP contribution in [0.2, 0.25) is 0 Å². The summed E-state index contributed by atoms with van der Waals surface area (Å²) in [6.45, 7) is 1.86. The summed E-state index contributed by atoms with van der Waals surface area (Å²) >= 11 is 0. The van der Waals surface area contributed by atoms with Crippen molar-refractivity contribution in [1.29, 1.82) is 0 Å². The van der Waals surface area contributed by atoms with Crippen molar-refractivity contribution in [2.45, 2.75) is 25.6 Å². The maximum absolute atomic E-state index is 13.2. The molecule has 1 aliphatic heterocycles. The molecule has 0 spiro atoms. The number of aromatic nitrogens is 3. The highest BCUT2D eigenvalue weighted by atomic mass is 19.4. The van der Waals surface area contributed by atoms with Gasteiger partial charge in [-0.15, -0.1) is 0 Å². The molecule has 8 heteroatoms. The van der Waals surface area contributed by atoms with Crippen LogP contribution in [0, 0.1) is 0 Å². The Morgan fingerprint density at radius 2 is 1.85 bits per heavy atom. The van der Waals surface area contributed by atoms with E-state index in [-0.39, 0.29) is 6.54 Å². The van der Waals surface area contributed by atoms with Crippen LogP contribution < -0.4 is 10.6 Å². The molecule has 3 heterocycles. The lowest BCUT2D eigenvalue weighted by atomic mass is 10.0. The van der Waals surface area contributed by atoms with E-state index in [1.54, 1.807) is 29.1 Å². The first kappa shape index (κ1) is 16.8. The Morgan fingerprint density at radius 1 is 1.08 bits per heavy atom. The van der Waals surface area contributed by atoms with Crippen molar-refractivity contribution in [1.82, 2.24) is 14.4 Å². The molecule has 0 bridgehead atoms. The van der Waals surface area contributed by atoms with Crippen LogP contribution in [0.1, 0.15) is 24.0 Å². The van der Waals surface area contributed by atoms with Crippen molar-refractivity contribution in [3.63, 3.8) is 0 Å². The SMILES string of the molecule is NCc1cc(-c2cnc3c(N4CCCC4)nccn23)cc(C(F)(F)F)c1. The van der Waals surface area contributed by atoms with E-state index in [0.29, 0.717) is 22.5 Å². The number of hydrogen-bond acceptors (Lipinski definition) is 4. The third-order valence-electron chi connectivity index (χ3n) is 4.67. The predicted octanol–water partition coefficient (Wildman–Crippen LogP) is 3.47. The molecule has 1 fully saturated rings. The topological polar surface area (TPSA) is 59.5 Å². The van der Waals surface area contributed by atoms with Crippen molar-refractivity contribution in [3.8, 4) is 11.3 Å². The zero-order chi connectivity index (χ0) is 18.3. The van der Waals surface area contributed by atoms with Crippen molar-refractivity contribution < 1.29 is 13.2 Å². The lowest BCUT2D eigenvalue weighted by Crippen LogP contribution is -2.20. The summed E-state index contributed by atoms with van der Waals surface area (Å²) in [5.41, 5.74) is 6.99. The molecule has 26 heavy (non-hydrogen) atoms. The molecule has 0 unspecified atom stereocenters.